The summed E-state index contributed by atoms with van der Waals surface area (Å²) in [6.07, 6.45) is 0. The molecule has 82 valence electrons. The molecular weight excluding hydrogens is 216 g/mol. The van der Waals surface area contributed by atoms with E-state index in [1.807, 2.05) is 16.4 Å². The minimum Gasteiger partial charge on any atom is -0.480 e. The molecule has 1 atom stereocenters. The summed E-state index contributed by atoms with van der Waals surface area (Å²) in [5.74, 6) is 0.663. The van der Waals surface area contributed by atoms with Crippen molar-refractivity contribution in [2.75, 3.05) is 5.88 Å². The lowest BCUT2D eigenvalue weighted by atomic mass is 10.3. The van der Waals surface area contributed by atoms with Gasteiger partial charge in [0, 0.05) is 0 Å². The molecule has 0 aromatic carbocycles. The molecule has 2 rings (SSSR count). The van der Waals surface area contributed by atoms with Gasteiger partial charge in [0.25, 0.3) is 0 Å². The van der Waals surface area contributed by atoms with Gasteiger partial charge < -0.3 is 5.11 Å². The summed E-state index contributed by atoms with van der Waals surface area (Å²) in [6.45, 7) is 4.11. The first-order valence-electron chi connectivity index (χ1n) is 4.59. The number of hydrogen-bond donors (Lipinski definition) is 1. The number of carbonyl (C=O) groups is 1. The van der Waals surface area contributed by atoms with Crippen LogP contribution in [0.2, 0.25) is 0 Å². The van der Waals surface area contributed by atoms with Gasteiger partial charge in [-0.2, -0.15) is 0 Å². The highest BCUT2D eigenvalue weighted by atomic mass is 32.2. The van der Waals surface area contributed by atoms with E-state index in [1.54, 1.807) is 6.92 Å². The molecule has 15 heavy (non-hydrogen) atoms. The van der Waals surface area contributed by atoms with Crippen molar-refractivity contribution in [1.29, 1.82) is 0 Å². The van der Waals surface area contributed by atoms with Crippen LogP contribution in [0.1, 0.15) is 12.7 Å². The van der Waals surface area contributed by atoms with Crippen molar-refractivity contribution in [1.82, 2.24) is 19.7 Å². The van der Waals surface area contributed by atoms with Crippen molar-refractivity contribution in [2.24, 2.45) is 0 Å². The molecule has 6 nitrogen and oxygen atoms in total. The maximum atomic E-state index is 10.8. The highest BCUT2D eigenvalue weighted by Gasteiger charge is 2.26. The molecule has 1 aromatic heterocycles. The van der Waals surface area contributed by atoms with Crippen LogP contribution in [0.3, 0.4) is 0 Å². The molecule has 0 radical (unpaired) electrons. The molecule has 0 bridgehead atoms. The van der Waals surface area contributed by atoms with Crippen molar-refractivity contribution in [3.05, 3.63) is 5.82 Å². The second-order valence-electron chi connectivity index (χ2n) is 3.48. The first-order valence-corrected chi connectivity index (χ1v) is 5.57. The van der Waals surface area contributed by atoms with Crippen LogP contribution in [0.4, 0.5) is 0 Å². The van der Waals surface area contributed by atoms with E-state index in [0.717, 1.165) is 11.0 Å². The minimum absolute atomic E-state index is 0.479. The van der Waals surface area contributed by atoms with E-state index < -0.39 is 12.0 Å². The highest BCUT2D eigenvalue weighted by molar-refractivity contribution is 7.99. The number of aromatic nitrogens is 3. The average molecular weight is 228 g/mol. The zero-order valence-electron chi connectivity index (χ0n) is 8.54. The standard InChI is InChI=1S/C8H12N4O2S/c1-5(7(13)14)11-3-12-6(2)9-10-8(12)15-4-11/h5H,3-4H2,1-2H3,(H,13,14)/t5-/m0/s1. The summed E-state index contributed by atoms with van der Waals surface area (Å²) in [6, 6.07) is -0.479. The number of carboxylic acid groups (broad SMARTS) is 1. The molecule has 0 saturated heterocycles. The van der Waals surface area contributed by atoms with E-state index in [1.165, 1.54) is 11.8 Å². The summed E-state index contributed by atoms with van der Waals surface area (Å²) < 4.78 is 1.92. The zero-order chi connectivity index (χ0) is 11.0. The lowest BCUT2D eigenvalue weighted by molar-refractivity contribution is -0.143. The summed E-state index contributed by atoms with van der Waals surface area (Å²) in [4.78, 5) is 12.7. The van der Waals surface area contributed by atoms with Gasteiger partial charge in [-0.05, 0) is 13.8 Å². The number of fused-ring (bicyclic) bond motifs is 1. The molecule has 0 aliphatic carbocycles. The van der Waals surface area contributed by atoms with E-state index in [4.69, 9.17) is 5.11 Å². The van der Waals surface area contributed by atoms with Crippen molar-refractivity contribution in [3.63, 3.8) is 0 Å². The topological polar surface area (TPSA) is 71.2 Å². The number of carboxylic acids is 1. The van der Waals surface area contributed by atoms with Crippen molar-refractivity contribution in [3.8, 4) is 0 Å². The third-order valence-electron chi connectivity index (χ3n) is 2.49. The molecule has 0 saturated carbocycles. The Morgan fingerprint density at radius 3 is 3.00 bits per heavy atom. The maximum absolute atomic E-state index is 10.8. The van der Waals surface area contributed by atoms with Crippen LogP contribution in [0.5, 0.6) is 0 Å². The molecule has 0 unspecified atom stereocenters. The van der Waals surface area contributed by atoms with E-state index >= 15 is 0 Å². The molecule has 1 aromatic rings. The summed E-state index contributed by atoms with van der Waals surface area (Å²) >= 11 is 1.52. The van der Waals surface area contributed by atoms with Crippen LogP contribution in [0.15, 0.2) is 5.16 Å². The van der Waals surface area contributed by atoms with Crippen LogP contribution < -0.4 is 0 Å². The third kappa shape index (κ3) is 1.84. The predicted molar refractivity (Wildman–Crippen MR) is 54.4 cm³/mol. The number of aliphatic carboxylic acids is 1. The van der Waals surface area contributed by atoms with E-state index in [-0.39, 0.29) is 0 Å². The van der Waals surface area contributed by atoms with Crippen molar-refractivity contribution < 1.29 is 9.90 Å². The lowest BCUT2D eigenvalue weighted by Crippen LogP contribution is -2.42. The molecule has 1 aliphatic heterocycles. The number of hydrogen-bond acceptors (Lipinski definition) is 5. The molecule has 1 N–H and O–H groups in total. The Hall–Kier alpha value is -1.08. The van der Waals surface area contributed by atoms with Crippen LogP contribution in [-0.2, 0) is 11.5 Å². The number of rotatable bonds is 2. The van der Waals surface area contributed by atoms with Gasteiger partial charge in [0.1, 0.15) is 11.9 Å². The van der Waals surface area contributed by atoms with E-state index in [2.05, 4.69) is 10.2 Å². The largest absolute Gasteiger partial charge is 0.480 e. The van der Waals surface area contributed by atoms with Gasteiger partial charge >= 0.3 is 5.97 Å². The summed E-state index contributed by atoms with van der Waals surface area (Å²) in [7, 11) is 0. The molecule has 1 aliphatic rings. The second kappa shape index (κ2) is 3.82. The van der Waals surface area contributed by atoms with Crippen LogP contribution in [-0.4, -0.2) is 42.7 Å². The number of thioether (sulfide) groups is 1. The molecule has 0 amide bonds. The number of aryl methyl sites for hydroxylation is 1. The fourth-order valence-corrected chi connectivity index (χ4v) is 2.42. The molecule has 7 heteroatoms. The fraction of sp³-hybridized carbons (Fsp3) is 0.625. The van der Waals surface area contributed by atoms with E-state index in [0.29, 0.717) is 12.5 Å². The highest BCUT2D eigenvalue weighted by Crippen LogP contribution is 2.25. The Morgan fingerprint density at radius 1 is 1.60 bits per heavy atom. The Labute approximate surface area is 91.3 Å². The quantitative estimate of drug-likeness (QED) is 0.789. The van der Waals surface area contributed by atoms with Gasteiger partial charge in [0.05, 0.1) is 12.5 Å². The SMILES string of the molecule is Cc1nnc2n1CN([C@@H](C)C(=O)O)CS2. The Kier molecular flexibility index (Phi) is 2.66. The smallest absolute Gasteiger partial charge is 0.320 e. The molecule has 0 spiro atoms. The van der Waals surface area contributed by atoms with Gasteiger partial charge in [-0.3, -0.25) is 14.3 Å². The van der Waals surface area contributed by atoms with Crippen LogP contribution in [0, 0.1) is 6.92 Å². The number of nitrogens with zero attached hydrogens (tertiary/aromatic N) is 4. The Balaban J connectivity index is 2.17. The zero-order valence-corrected chi connectivity index (χ0v) is 9.36. The van der Waals surface area contributed by atoms with Gasteiger partial charge in [-0.15, -0.1) is 10.2 Å². The minimum atomic E-state index is -0.801. The van der Waals surface area contributed by atoms with Crippen LogP contribution >= 0.6 is 11.8 Å². The molecular formula is C8H12N4O2S. The van der Waals surface area contributed by atoms with E-state index in [9.17, 15) is 4.79 Å². The molecule has 0 fully saturated rings. The van der Waals surface area contributed by atoms with Gasteiger partial charge in [-0.1, -0.05) is 11.8 Å². The lowest BCUT2D eigenvalue weighted by Gasteiger charge is -2.30. The predicted octanol–water partition coefficient (Wildman–Crippen LogP) is 0.382. The maximum Gasteiger partial charge on any atom is 0.320 e. The average Bonchev–Trinajstić information content (AvgIpc) is 2.59. The third-order valence-corrected chi connectivity index (χ3v) is 3.51. The Morgan fingerprint density at radius 2 is 2.33 bits per heavy atom. The van der Waals surface area contributed by atoms with Crippen molar-refractivity contribution in [2.45, 2.75) is 31.7 Å². The summed E-state index contributed by atoms with van der Waals surface area (Å²) in [5.41, 5.74) is 0. The first-order chi connectivity index (χ1) is 7.09. The Bertz CT molecular complexity index is 392. The van der Waals surface area contributed by atoms with Gasteiger partial charge in [0.15, 0.2) is 5.16 Å². The summed E-state index contributed by atoms with van der Waals surface area (Å²) in [5, 5.41) is 17.7. The normalized spacial score (nSPS) is 18.5. The second-order valence-corrected chi connectivity index (χ2v) is 4.39. The van der Waals surface area contributed by atoms with Gasteiger partial charge in [-0.25, -0.2) is 0 Å². The van der Waals surface area contributed by atoms with Crippen molar-refractivity contribution >= 4 is 17.7 Å². The van der Waals surface area contributed by atoms with Gasteiger partial charge in [0.2, 0.25) is 0 Å². The fourth-order valence-electron chi connectivity index (χ4n) is 1.38. The van der Waals surface area contributed by atoms with Crippen LogP contribution in [0.25, 0.3) is 0 Å². The monoisotopic (exact) mass is 228 g/mol. The molecule has 2 heterocycles. The first kappa shape index (κ1) is 10.4.